The number of likely N-dealkylation sites (tertiary alicyclic amines) is 1. The fourth-order valence-corrected chi connectivity index (χ4v) is 4.06. The third-order valence-electron chi connectivity index (χ3n) is 5.41. The van der Waals surface area contributed by atoms with E-state index in [-0.39, 0.29) is 17.9 Å². The van der Waals surface area contributed by atoms with E-state index in [2.05, 4.69) is 22.3 Å². The van der Waals surface area contributed by atoms with Gasteiger partial charge in [-0.2, -0.15) is 0 Å². The zero-order valence-corrected chi connectivity index (χ0v) is 17.8. The lowest BCUT2D eigenvalue weighted by atomic mass is 10.1. The summed E-state index contributed by atoms with van der Waals surface area (Å²) < 4.78 is 0. The Labute approximate surface area is 177 Å². The van der Waals surface area contributed by atoms with E-state index in [1.165, 1.54) is 5.56 Å². The highest BCUT2D eigenvalue weighted by Crippen LogP contribution is 2.25. The average Bonchev–Trinajstić information content (AvgIpc) is 3.18. The van der Waals surface area contributed by atoms with Crippen molar-refractivity contribution < 1.29 is 9.59 Å². The molecule has 2 amide bonds. The molecule has 3 rings (SSSR count). The maximum absolute atomic E-state index is 12.9. The number of hydrogen-bond donors (Lipinski definition) is 1. The van der Waals surface area contributed by atoms with Crippen LogP contribution in [0.3, 0.4) is 0 Å². The second-order valence-corrected chi connectivity index (χ2v) is 7.68. The van der Waals surface area contributed by atoms with Gasteiger partial charge in [0.25, 0.3) is 5.91 Å². The molecule has 1 aliphatic heterocycles. The van der Waals surface area contributed by atoms with Crippen LogP contribution in [-0.4, -0.2) is 47.3 Å². The largest absolute Gasteiger partial charge is 0.339 e. The van der Waals surface area contributed by atoms with E-state index in [0.717, 1.165) is 25.9 Å². The summed E-state index contributed by atoms with van der Waals surface area (Å²) in [4.78, 5) is 29.3. The van der Waals surface area contributed by atoms with Crippen LogP contribution in [0.5, 0.6) is 0 Å². The number of amides is 2. The lowest BCUT2D eigenvalue weighted by Crippen LogP contribution is -2.39. The molecule has 2 aromatic rings. The maximum Gasteiger partial charge on any atom is 0.255 e. The van der Waals surface area contributed by atoms with Crippen LogP contribution in [0.2, 0.25) is 5.02 Å². The number of nitrogens with zero attached hydrogens (tertiary/aromatic N) is 2. The van der Waals surface area contributed by atoms with Crippen LogP contribution in [0.1, 0.15) is 42.6 Å². The smallest absolute Gasteiger partial charge is 0.255 e. The van der Waals surface area contributed by atoms with Crippen molar-refractivity contribution in [3.05, 3.63) is 64.7 Å². The first kappa shape index (κ1) is 21.3. The molecule has 0 saturated carbocycles. The molecular formula is C23H28ClN3O2. The summed E-state index contributed by atoms with van der Waals surface area (Å²) in [5, 5.41) is 3.33. The first-order chi connectivity index (χ1) is 14.0. The Morgan fingerprint density at radius 3 is 2.52 bits per heavy atom. The van der Waals surface area contributed by atoms with Crippen LogP contribution in [-0.2, 0) is 11.3 Å². The number of benzene rings is 2. The van der Waals surface area contributed by atoms with Crippen molar-refractivity contribution in [1.82, 2.24) is 9.80 Å². The standard InChI is InChI=1S/C23H28ClN3O2/c1-3-26(4-2)23(29)19-13-12-18(15-20(19)24)25-22(28)21-11-8-14-27(21)16-17-9-6-5-7-10-17/h5-7,9-10,12-13,15,21H,3-4,8,11,14,16H2,1-2H3,(H,25,28). The number of nitrogens with one attached hydrogen (secondary N) is 1. The molecule has 2 aromatic carbocycles. The Kier molecular flexibility index (Phi) is 7.29. The van der Waals surface area contributed by atoms with Crippen molar-refractivity contribution in [3.63, 3.8) is 0 Å². The van der Waals surface area contributed by atoms with Gasteiger partial charge in [0.05, 0.1) is 16.6 Å². The molecule has 154 valence electrons. The van der Waals surface area contributed by atoms with Crippen LogP contribution < -0.4 is 5.32 Å². The van der Waals surface area contributed by atoms with Gasteiger partial charge in [0.15, 0.2) is 0 Å². The van der Waals surface area contributed by atoms with Crippen molar-refractivity contribution in [1.29, 1.82) is 0 Å². The van der Waals surface area contributed by atoms with Crippen LogP contribution in [0.25, 0.3) is 0 Å². The molecule has 1 fully saturated rings. The van der Waals surface area contributed by atoms with E-state index in [0.29, 0.717) is 29.4 Å². The first-order valence-electron chi connectivity index (χ1n) is 10.2. The topological polar surface area (TPSA) is 52.7 Å². The third-order valence-corrected chi connectivity index (χ3v) is 5.73. The van der Waals surface area contributed by atoms with Gasteiger partial charge in [-0.3, -0.25) is 14.5 Å². The fraction of sp³-hybridized carbons (Fsp3) is 0.391. The SMILES string of the molecule is CCN(CC)C(=O)c1ccc(NC(=O)C2CCCN2Cc2ccccc2)cc1Cl. The molecule has 29 heavy (non-hydrogen) atoms. The molecule has 0 radical (unpaired) electrons. The Morgan fingerprint density at radius 2 is 1.86 bits per heavy atom. The predicted molar refractivity (Wildman–Crippen MR) is 117 cm³/mol. The summed E-state index contributed by atoms with van der Waals surface area (Å²) in [7, 11) is 0. The van der Waals surface area contributed by atoms with Gasteiger partial charge in [-0.25, -0.2) is 0 Å². The number of rotatable bonds is 7. The van der Waals surface area contributed by atoms with Gasteiger partial charge >= 0.3 is 0 Å². The molecule has 0 aliphatic carbocycles. The number of carbonyl (C=O) groups excluding carboxylic acids is 2. The lowest BCUT2D eigenvalue weighted by Gasteiger charge is -2.24. The molecule has 6 heteroatoms. The monoisotopic (exact) mass is 413 g/mol. The Bertz CT molecular complexity index is 852. The molecule has 1 saturated heterocycles. The fourth-order valence-electron chi connectivity index (χ4n) is 3.80. The molecule has 1 atom stereocenters. The zero-order chi connectivity index (χ0) is 20.8. The summed E-state index contributed by atoms with van der Waals surface area (Å²) in [6.07, 6.45) is 1.84. The second-order valence-electron chi connectivity index (χ2n) is 7.28. The molecule has 1 unspecified atom stereocenters. The summed E-state index contributed by atoms with van der Waals surface area (Å²) in [6.45, 7) is 6.80. The average molecular weight is 414 g/mol. The van der Waals surface area contributed by atoms with Crippen molar-refractivity contribution in [2.45, 2.75) is 39.3 Å². The van der Waals surface area contributed by atoms with Gasteiger partial charge in [0, 0.05) is 25.3 Å². The minimum atomic E-state index is -0.161. The third kappa shape index (κ3) is 5.17. The van der Waals surface area contributed by atoms with Crippen LogP contribution in [0.4, 0.5) is 5.69 Å². The summed E-state index contributed by atoms with van der Waals surface area (Å²) >= 11 is 6.35. The highest BCUT2D eigenvalue weighted by atomic mass is 35.5. The molecule has 1 N–H and O–H groups in total. The lowest BCUT2D eigenvalue weighted by molar-refractivity contribution is -0.120. The molecule has 5 nitrogen and oxygen atoms in total. The Balaban J connectivity index is 1.67. The minimum absolute atomic E-state index is 0.0303. The van der Waals surface area contributed by atoms with Gasteiger partial charge < -0.3 is 10.2 Å². The molecule has 0 aromatic heterocycles. The number of hydrogen-bond acceptors (Lipinski definition) is 3. The molecular weight excluding hydrogens is 386 g/mol. The highest BCUT2D eigenvalue weighted by molar-refractivity contribution is 6.34. The van der Waals surface area contributed by atoms with Crippen molar-refractivity contribution >= 4 is 29.1 Å². The van der Waals surface area contributed by atoms with Crippen molar-refractivity contribution in [2.24, 2.45) is 0 Å². The Morgan fingerprint density at radius 1 is 1.14 bits per heavy atom. The highest BCUT2D eigenvalue weighted by Gasteiger charge is 2.30. The minimum Gasteiger partial charge on any atom is -0.339 e. The molecule has 0 spiro atoms. The number of carbonyl (C=O) groups is 2. The predicted octanol–water partition coefficient (Wildman–Crippen LogP) is 4.43. The van der Waals surface area contributed by atoms with Gasteiger partial charge in [0.1, 0.15) is 0 Å². The normalized spacial score (nSPS) is 16.6. The summed E-state index contributed by atoms with van der Waals surface area (Å²) in [5.41, 5.74) is 2.28. The van der Waals surface area contributed by atoms with Crippen LogP contribution in [0.15, 0.2) is 48.5 Å². The van der Waals surface area contributed by atoms with E-state index >= 15 is 0 Å². The van der Waals surface area contributed by atoms with Gasteiger partial charge in [0.2, 0.25) is 5.91 Å². The quantitative estimate of drug-likeness (QED) is 0.730. The molecule has 1 aliphatic rings. The van der Waals surface area contributed by atoms with Gasteiger partial charge in [-0.1, -0.05) is 41.9 Å². The zero-order valence-electron chi connectivity index (χ0n) is 17.0. The Hall–Kier alpha value is -2.37. The van der Waals surface area contributed by atoms with E-state index in [4.69, 9.17) is 11.6 Å². The number of anilines is 1. The second kappa shape index (κ2) is 9.90. The molecule has 1 heterocycles. The molecule has 0 bridgehead atoms. The van der Waals surface area contributed by atoms with E-state index in [1.807, 2.05) is 32.0 Å². The van der Waals surface area contributed by atoms with E-state index in [9.17, 15) is 9.59 Å². The maximum atomic E-state index is 12.9. The van der Waals surface area contributed by atoms with E-state index < -0.39 is 0 Å². The van der Waals surface area contributed by atoms with E-state index in [1.54, 1.807) is 23.1 Å². The van der Waals surface area contributed by atoms with Crippen molar-refractivity contribution in [3.8, 4) is 0 Å². The summed E-state index contributed by atoms with van der Waals surface area (Å²) in [5.74, 6) is -0.125. The van der Waals surface area contributed by atoms with Gasteiger partial charge in [-0.05, 0) is 57.0 Å². The first-order valence-corrected chi connectivity index (χ1v) is 10.6. The van der Waals surface area contributed by atoms with Crippen molar-refractivity contribution in [2.75, 3.05) is 25.0 Å². The summed E-state index contributed by atoms with van der Waals surface area (Å²) in [6, 6.07) is 15.1. The number of halogens is 1. The van der Waals surface area contributed by atoms with Gasteiger partial charge in [-0.15, -0.1) is 0 Å². The van der Waals surface area contributed by atoms with Crippen LogP contribution >= 0.6 is 11.6 Å². The van der Waals surface area contributed by atoms with Crippen LogP contribution in [0, 0.1) is 0 Å².